The van der Waals surface area contributed by atoms with E-state index in [0.717, 1.165) is 23.2 Å². The summed E-state index contributed by atoms with van der Waals surface area (Å²) in [7, 11) is 1.62. The fourth-order valence-corrected chi connectivity index (χ4v) is 2.00. The van der Waals surface area contributed by atoms with Gasteiger partial charge < -0.3 is 4.74 Å². The second-order valence-electron chi connectivity index (χ2n) is 3.58. The van der Waals surface area contributed by atoms with Crippen molar-refractivity contribution in [1.82, 2.24) is 0 Å². The number of rotatable bonds is 3. The summed E-state index contributed by atoms with van der Waals surface area (Å²) >= 11 is 2.25. The lowest BCUT2D eigenvalue weighted by atomic mass is 10.0. The topological polar surface area (TPSA) is 26.3 Å². The first-order valence-corrected chi connectivity index (χ1v) is 6.21. The summed E-state index contributed by atoms with van der Waals surface area (Å²) in [5, 5.41) is 0. The van der Waals surface area contributed by atoms with E-state index in [9.17, 15) is 4.79 Å². The molecule has 0 aliphatic rings. The van der Waals surface area contributed by atoms with Crippen LogP contribution in [0.5, 0.6) is 5.75 Å². The normalized spacial score (nSPS) is 10.0. The highest BCUT2D eigenvalue weighted by Crippen LogP contribution is 2.27. The first-order chi connectivity index (χ1) is 8.24. The number of carbonyl (C=O) groups excluding carboxylic acids is 1. The van der Waals surface area contributed by atoms with Crippen LogP contribution in [0.25, 0.3) is 11.1 Å². The number of hydrogen-bond donors (Lipinski definition) is 0. The van der Waals surface area contributed by atoms with Gasteiger partial charge in [0, 0.05) is 9.13 Å². The maximum atomic E-state index is 11.0. The largest absolute Gasteiger partial charge is 0.497 e. The van der Waals surface area contributed by atoms with Crippen LogP contribution in [-0.4, -0.2) is 13.4 Å². The van der Waals surface area contributed by atoms with Crippen molar-refractivity contribution >= 4 is 28.9 Å². The molecule has 17 heavy (non-hydrogen) atoms. The van der Waals surface area contributed by atoms with Crippen molar-refractivity contribution in [3.05, 3.63) is 51.6 Å². The number of carbonyl (C=O) groups is 1. The third kappa shape index (κ3) is 2.66. The Balaban J connectivity index is 2.55. The first kappa shape index (κ1) is 12.1. The Hall–Kier alpha value is -1.36. The summed E-state index contributed by atoms with van der Waals surface area (Å²) in [6, 6.07) is 13.5. The van der Waals surface area contributed by atoms with Crippen molar-refractivity contribution < 1.29 is 9.53 Å². The molecule has 0 bridgehead atoms. The Labute approximate surface area is 114 Å². The van der Waals surface area contributed by atoms with Crippen LogP contribution in [0, 0.1) is 3.57 Å². The van der Waals surface area contributed by atoms with Gasteiger partial charge in [-0.2, -0.15) is 0 Å². The SMILES string of the molecule is COc1ccc(C=O)c(-c2ccc(I)cc2)c1. The fourth-order valence-electron chi connectivity index (χ4n) is 1.64. The van der Waals surface area contributed by atoms with Crippen molar-refractivity contribution in [3.63, 3.8) is 0 Å². The maximum absolute atomic E-state index is 11.0. The molecule has 0 amide bonds. The van der Waals surface area contributed by atoms with Gasteiger partial charge in [-0.25, -0.2) is 0 Å². The Bertz CT molecular complexity index is 532. The molecule has 0 N–H and O–H groups in total. The lowest BCUT2D eigenvalue weighted by Gasteiger charge is -2.08. The van der Waals surface area contributed by atoms with E-state index in [1.54, 1.807) is 19.2 Å². The van der Waals surface area contributed by atoms with Crippen LogP contribution in [0.4, 0.5) is 0 Å². The predicted molar refractivity (Wildman–Crippen MR) is 76.5 cm³/mol. The van der Waals surface area contributed by atoms with Crippen molar-refractivity contribution in [3.8, 4) is 16.9 Å². The Morgan fingerprint density at radius 1 is 1.12 bits per heavy atom. The smallest absolute Gasteiger partial charge is 0.150 e. The molecule has 0 saturated heterocycles. The molecule has 0 atom stereocenters. The average molecular weight is 338 g/mol. The molecule has 0 saturated carbocycles. The Morgan fingerprint density at radius 2 is 1.82 bits per heavy atom. The van der Waals surface area contributed by atoms with E-state index >= 15 is 0 Å². The standard InChI is InChI=1S/C14H11IO2/c1-17-13-7-4-11(9-16)14(8-13)10-2-5-12(15)6-3-10/h2-9H,1H3. The number of aldehydes is 1. The maximum Gasteiger partial charge on any atom is 0.150 e. The predicted octanol–water partition coefficient (Wildman–Crippen LogP) is 3.78. The van der Waals surface area contributed by atoms with Crippen molar-refractivity contribution in [1.29, 1.82) is 0 Å². The van der Waals surface area contributed by atoms with Gasteiger partial charge >= 0.3 is 0 Å². The van der Waals surface area contributed by atoms with Gasteiger partial charge in [0.1, 0.15) is 5.75 Å². The second kappa shape index (κ2) is 5.31. The zero-order valence-electron chi connectivity index (χ0n) is 9.31. The van der Waals surface area contributed by atoms with Crippen LogP contribution in [0.15, 0.2) is 42.5 Å². The molecule has 0 heterocycles. The highest BCUT2D eigenvalue weighted by molar-refractivity contribution is 14.1. The molecule has 2 aromatic rings. The van der Waals surface area contributed by atoms with E-state index < -0.39 is 0 Å². The van der Waals surface area contributed by atoms with Gasteiger partial charge in [-0.15, -0.1) is 0 Å². The van der Waals surface area contributed by atoms with E-state index in [-0.39, 0.29) is 0 Å². The minimum Gasteiger partial charge on any atom is -0.497 e. The van der Waals surface area contributed by atoms with Crippen LogP contribution in [-0.2, 0) is 0 Å². The summed E-state index contributed by atoms with van der Waals surface area (Å²) in [6.45, 7) is 0. The van der Waals surface area contributed by atoms with Crippen LogP contribution >= 0.6 is 22.6 Å². The lowest BCUT2D eigenvalue weighted by molar-refractivity contribution is 0.112. The summed E-state index contributed by atoms with van der Waals surface area (Å²) in [5.74, 6) is 0.754. The highest BCUT2D eigenvalue weighted by Gasteiger charge is 2.06. The minimum atomic E-state index is 0.673. The fraction of sp³-hybridized carbons (Fsp3) is 0.0714. The van der Waals surface area contributed by atoms with Gasteiger partial charge in [-0.05, 0) is 64.0 Å². The van der Waals surface area contributed by atoms with E-state index in [4.69, 9.17) is 4.74 Å². The quantitative estimate of drug-likeness (QED) is 0.629. The summed E-state index contributed by atoms with van der Waals surface area (Å²) in [5.41, 5.74) is 2.59. The van der Waals surface area contributed by atoms with Gasteiger partial charge in [0.05, 0.1) is 7.11 Å². The van der Waals surface area contributed by atoms with Crippen molar-refractivity contribution in [2.45, 2.75) is 0 Å². The van der Waals surface area contributed by atoms with Crippen LogP contribution in [0.2, 0.25) is 0 Å². The molecule has 0 radical (unpaired) electrons. The van der Waals surface area contributed by atoms with Gasteiger partial charge in [0.15, 0.2) is 6.29 Å². The minimum absolute atomic E-state index is 0.673. The molecule has 86 valence electrons. The third-order valence-electron chi connectivity index (χ3n) is 2.54. The van der Waals surface area contributed by atoms with Crippen LogP contribution < -0.4 is 4.74 Å². The molecule has 2 rings (SSSR count). The van der Waals surface area contributed by atoms with Gasteiger partial charge in [-0.1, -0.05) is 12.1 Å². The number of halogens is 1. The molecular weight excluding hydrogens is 327 g/mol. The molecule has 0 fully saturated rings. The average Bonchev–Trinajstić information content (AvgIpc) is 2.39. The van der Waals surface area contributed by atoms with Gasteiger partial charge in [0.25, 0.3) is 0 Å². The number of methoxy groups -OCH3 is 1. The number of ether oxygens (including phenoxy) is 1. The molecule has 0 aliphatic heterocycles. The summed E-state index contributed by atoms with van der Waals surface area (Å²) in [4.78, 5) is 11.0. The number of benzene rings is 2. The number of hydrogen-bond acceptors (Lipinski definition) is 2. The van der Waals surface area contributed by atoms with E-state index in [0.29, 0.717) is 5.56 Å². The Morgan fingerprint density at radius 3 is 2.41 bits per heavy atom. The molecule has 0 spiro atoms. The van der Waals surface area contributed by atoms with E-state index in [2.05, 4.69) is 22.6 Å². The Kier molecular flexibility index (Phi) is 3.78. The van der Waals surface area contributed by atoms with E-state index in [1.165, 1.54) is 3.57 Å². The third-order valence-corrected chi connectivity index (χ3v) is 3.26. The second-order valence-corrected chi connectivity index (χ2v) is 4.82. The molecule has 0 aromatic heterocycles. The van der Waals surface area contributed by atoms with Crippen LogP contribution in [0.1, 0.15) is 10.4 Å². The molecule has 2 aromatic carbocycles. The van der Waals surface area contributed by atoms with Gasteiger partial charge in [-0.3, -0.25) is 4.79 Å². The highest BCUT2D eigenvalue weighted by atomic mass is 127. The summed E-state index contributed by atoms with van der Waals surface area (Å²) in [6.07, 6.45) is 0.868. The van der Waals surface area contributed by atoms with E-state index in [1.807, 2.05) is 30.3 Å². The zero-order chi connectivity index (χ0) is 12.3. The molecule has 0 unspecified atom stereocenters. The molecule has 0 aliphatic carbocycles. The first-order valence-electron chi connectivity index (χ1n) is 5.14. The zero-order valence-corrected chi connectivity index (χ0v) is 11.5. The van der Waals surface area contributed by atoms with Crippen LogP contribution in [0.3, 0.4) is 0 Å². The monoisotopic (exact) mass is 338 g/mol. The molecule has 2 nitrogen and oxygen atoms in total. The van der Waals surface area contributed by atoms with Gasteiger partial charge in [0.2, 0.25) is 0 Å². The molecular formula is C14H11IO2. The molecule has 3 heteroatoms. The summed E-state index contributed by atoms with van der Waals surface area (Å²) < 4.78 is 6.35. The lowest BCUT2D eigenvalue weighted by Crippen LogP contribution is -1.90. The van der Waals surface area contributed by atoms with Crippen molar-refractivity contribution in [2.75, 3.05) is 7.11 Å². The van der Waals surface area contributed by atoms with Crippen molar-refractivity contribution in [2.24, 2.45) is 0 Å².